The zero-order valence-corrected chi connectivity index (χ0v) is 19.7. The van der Waals surface area contributed by atoms with Crippen molar-refractivity contribution in [2.45, 2.75) is 13.3 Å². The van der Waals surface area contributed by atoms with Gasteiger partial charge in [-0.3, -0.25) is 19.2 Å². The number of carbonyl (C=O) groups excluding carboxylic acids is 2. The van der Waals surface area contributed by atoms with E-state index in [2.05, 4.69) is 10.1 Å². The molecule has 0 N–H and O–H groups in total. The number of hydrogen-bond acceptors (Lipinski definition) is 9. The van der Waals surface area contributed by atoms with Gasteiger partial charge in [-0.15, -0.1) is 0 Å². The Balaban J connectivity index is 1.67. The first-order valence-corrected chi connectivity index (χ1v) is 11.3. The fourth-order valence-corrected chi connectivity index (χ4v) is 5.03. The molecule has 1 aliphatic heterocycles. The van der Waals surface area contributed by atoms with Crippen molar-refractivity contribution in [2.24, 2.45) is 0 Å². The van der Waals surface area contributed by atoms with Crippen molar-refractivity contribution in [3.05, 3.63) is 84.5 Å². The predicted molar refractivity (Wildman–Crippen MR) is 128 cm³/mol. The molecule has 5 rings (SSSR count). The molecule has 3 heterocycles. The molecule has 0 spiro atoms. The summed E-state index contributed by atoms with van der Waals surface area (Å²) in [7, 11) is 3.03. The van der Waals surface area contributed by atoms with Gasteiger partial charge in [-0.2, -0.15) is 14.6 Å². The molecule has 176 valence electrons. The summed E-state index contributed by atoms with van der Waals surface area (Å²) in [6.45, 7) is 1.28. The number of amides is 2. The molecule has 1 aliphatic rings. The Bertz CT molecular complexity index is 1710. The van der Waals surface area contributed by atoms with E-state index in [9.17, 15) is 19.2 Å². The molecule has 0 aliphatic carbocycles. The monoisotopic (exact) mass is 490 g/mol. The van der Waals surface area contributed by atoms with Crippen molar-refractivity contribution in [1.29, 1.82) is 0 Å². The van der Waals surface area contributed by atoms with Gasteiger partial charge in [-0.1, -0.05) is 35.6 Å². The first-order chi connectivity index (χ1) is 16.8. The number of ether oxygens (including phenoxy) is 2. The van der Waals surface area contributed by atoms with E-state index in [1.165, 1.54) is 21.1 Å². The van der Waals surface area contributed by atoms with E-state index < -0.39 is 22.9 Å². The minimum absolute atomic E-state index is 0.0599. The normalized spacial score (nSPS) is 14.4. The van der Waals surface area contributed by atoms with Crippen LogP contribution in [-0.4, -0.2) is 40.6 Å². The molecule has 2 aromatic carbocycles. The number of aromatic nitrogens is 3. The second-order valence-electron chi connectivity index (χ2n) is 7.71. The number of imide groups is 1. The largest absolute Gasteiger partial charge is 0.493 e. The number of rotatable bonds is 4. The van der Waals surface area contributed by atoms with Gasteiger partial charge >= 0.3 is 0 Å². The highest BCUT2D eigenvalue weighted by atomic mass is 32.1. The lowest BCUT2D eigenvalue weighted by molar-refractivity contribution is -0.122. The van der Waals surface area contributed by atoms with Crippen molar-refractivity contribution >= 4 is 39.4 Å². The lowest BCUT2D eigenvalue weighted by Crippen LogP contribution is -2.35. The summed E-state index contributed by atoms with van der Waals surface area (Å²) in [6, 6.07) is 11.9. The van der Waals surface area contributed by atoms with Crippen LogP contribution in [0.15, 0.2) is 52.1 Å². The number of nitrogens with zero attached hydrogens (tertiary/aromatic N) is 4. The van der Waals surface area contributed by atoms with Gasteiger partial charge in [0.05, 0.1) is 25.5 Å². The first kappa shape index (κ1) is 22.4. The maximum Gasteiger partial charge on any atom is 0.296 e. The highest BCUT2D eigenvalue weighted by Gasteiger charge is 2.36. The zero-order chi connectivity index (χ0) is 24.9. The molecule has 2 amide bonds. The van der Waals surface area contributed by atoms with Crippen molar-refractivity contribution in [3.8, 4) is 11.5 Å². The number of methoxy groups -OCH3 is 2. The van der Waals surface area contributed by atoms with Gasteiger partial charge in [0.15, 0.2) is 11.5 Å². The Morgan fingerprint density at radius 2 is 1.77 bits per heavy atom. The highest BCUT2D eigenvalue weighted by molar-refractivity contribution is 7.15. The van der Waals surface area contributed by atoms with Crippen molar-refractivity contribution in [1.82, 2.24) is 14.6 Å². The molecule has 2 aromatic heterocycles. The van der Waals surface area contributed by atoms with Gasteiger partial charge in [0, 0.05) is 18.9 Å². The Kier molecular flexibility index (Phi) is 5.40. The molecule has 0 unspecified atom stereocenters. The Hall–Kier alpha value is -4.38. The van der Waals surface area contributed by atoms with Gasteiger partial charge in [-0.05, 0) is 23.8 Å². The van der Waals surface area contributed by atoms with Gasteiger partial charge in [0.1, 0.15) is 10.2 Å². The van der Waals surface area contributed by atoms with Crippen LogP contribution in [0.2, 0.25) is 0 Å². The van der Waals surface area contributed by atoms with Crippen molar-refractivity contribution in [3.63, 3.8) is 0 Å². The summed E-state index contributed by atoms with van der Waals surface area (Å²) >= 11 is 0.887. The van der Waals surface area contributed by atoms with Gasteiger partial charge in [0.2, 0.25) is 10.9 Å². The van der Waals surface area contributed by atoms with E-state index >= 15 is 0 Å². The van der Waals surface area contributed by atoms with Crippen LogP contribution in [0.5, 0.6) is 11.5 Å². The van der Waals surface area contributed by atoms with Gasteiger partial charge < -0.3 is 9.47 Å². The predicted octanol–water partition coefficient (Wildman–Crippen LogP) is 0.930. The number of fused-ring (bicyclic) bond motifs is 2. The molecule has 4 aromatic rings. The summed E-state index contributed by atoms with van der Waals surface area (Å²) in [5.41, 5.74) is 0.557. The second kappa shape index (κ2) is 8.44. The molecule has 0 atom stereocenters. The maximum atomic E-state index is 13.3. The van der Waals surface area contributed by atoms with Crippen LogP contribution in [0.1, 0.15) is 23.7 Å². The number of carbonyl (C=O) groups is 2. The number of benzene rings is 2. The van der Waals surface area contributed by atoms with Gasteiger partial charge in [0.25, 0.3) is 17.0 Å². The number of thiazole rings is 1. The SMILES string of the molecule is COc1ccc(Cc2nn3c(=O)c(=C4C(=O)N(C(C)=O)c5ccccc54)sc3nc2=O)cc1OC. The molecule has 0 saturated heterocycles. The van der Waals surface area contributed by atoms with Gasteiger partial charge in [-0.25, -0.2) is 4.90 Å². The number of hydrogen-bond donors (Lipinski definition) is 0. The van der Waals surface area contributed by atoms with Crippen LogP contribution in [0.4, 0.5) is 5.69 Å². The van der Waals surface area contributed by atoms with E-state index in [4.69, 9.17) is 9.47 Å². The van der Waals surface area contributed by atoms with E-state index in [0.29, 0.717) is 28.3 Å². The van der Waals surface area contributed by atoms with E-state index in [1.807, 2.05) is 0 Å². The quantitative estimate of drug-likeness (QED) is 0.414. The smallest absolute Gasteiger partial charge is 0.296 e. The average Bonchev–Trinajstić information content (AvgIpc) is 3.31. The van der Waals surface area contributed by atoms with E-state index in [1.54, 1.807) is 42.5 Å². The lowest BCUT2D eigenvalue weighted by atomic mass is 10.1. The number of anilines is 1. The van der Waals surface area contributed by atoms with Crippen LogP contribution in [-0.2, 0) is 16.0 Å². The minimum atomic E-state index is -0.601. The Morgan fingerprint density at radius 3 is 2.49 bits per heavy atom. The summed E-state index contributed by atoms with van der Waals surface area (Å²) < 4.78 is 11.6. The fraction of sp³-hybridized carbons (Fsp3) is 0.167. The summed E-state index contributed by atoms with van der Waals surface area (Å²) in [5, 5.41) is 4.26. The van der Waals surface area contributed by atoms with Crippen LogP contribution in [0.3, 0.4) is 0 Å². The van der Waals surface area contributed by atoms with Crippen LogP contribution in [0.25, 0.3) is 10.5 Å². The van der Waals surface area contributed by atoms with Crippen molar-refractivity contribution in [2.75, 3.05) is 19.1 Å². The second-order valence-corrected chi connectivity index (χ2v) is 8.69. The Morgan fingerprint density at radius 1 is 1.03 bits per heavy atom. The molecule has 0 bridgehead atoms. The fourth-order valence-electron chi connectivity index (χ4n) is 4.04. The molecular weight excluding hydrogens is 472 g/mol. The maximum absolute atomic E-state index is 13.3. The molecule has 0 saturated carbocycles. The topological polar surface area (TPSA) is 120 Å². The molecule has 0 fully saturated rings. The third kappa shape index (κ3) is 3.56. The molecule has 11 heteroatoms. The number of para-hydroxylation sites is 1. The Labute approximate surface area is 201 Å². The standard InChI is InChI=1S/C24H18N4O6S/c1-12(29)27-16-7-5-4-6-14(16)19(22(27)31)20-23(32)28-24(35-20)25-21(30)15(26-28)10-13-8-9-17(33-2)18(11-13)34-3/h4-9,11H,10H2,1-3H3. The summed E-state index contributed by atoms with van der Waals surface area (Å²) in [6.07, 6.45) is 0.107. The van der Waals surface area contributed by atoms with Crippen molar-refractivity contribution < 1.29 is 19.1 Å². The average molecular weight is 490 g/mol. The first-order valence-electron chi connectivity index (χ1n) is 10.5. The van der Waals surface area contributed by atoms with E-state index in [0.717, 1.165) is 20.8 Å². The molecular formula is C24H18N4O6S. The molecule has 10 nitrogen and oxygen atoms in total. The van der Waals surface area contributed by atoms with Crippen LogP contribution < -0.4 is 30.0 Å². The zero-order valence-electron chi connectivity index (χ0n) is 18.9. The molecule has 0 radical (unpaired) electrons. The summed E-state index contributed by atoms with van der Waals surface area (Å²) in [4.78, 5) is 56.4. The minimum Gasteiger partial charge on any atom is -0.493 e. The molecule has 35 heavy (non-hydrogen) atoms. The lowest BCUT2D eigenvalue weighted by Gasteiger charge is -2.11. The third-order valence-corrected chi connectivity index (χ3v) is 6.65. The van der Waals surface area contributed by atoms with E-state index in [-0.39, 0.29) is 27.2 Å². The highest BCUT2D eigenvalue weighted by Crippen LogP contribution is 2.35. The third-order valence-electron chi connectivity index (χ3n) is 5.62. The summed E-state index contributed by atoms with van der Waals surface area (Å²) in [5.74, 6) is -0.0342. The van der Waals surface area contributed by atoms with Crippen LogP contribution in [0, 0.1) is 0 Å². The van der Waals surface area contributed by atoms with Crippen LogP contribution >= 0.6 is 11.3 Å².